The number of fused-ring (bicyclic) bond motifs is 1. The average Bonchev–Trinajstić information content (AvgIpc) is 3.69. The molecule has 196 valence electrons. The van der Waals surface area contributed by atoms with Gasteiger partial charge in [0, 0.05) is 42.5 Å². The third-order valence-electron chi connectivity index (χ3n) is 7.54. The maximum absolute atomic E-state index is 12.5. The first-order valence-corrected chi connectivity index (χ1v) is 13.4. The van der Waals surface area contributed by atoms with Gasteiger partial charge in [0.25, 0.3) is 5.56 Å². The minimum Gasteiger partial charge on any atom is -0.328 e. The van der Waals surface area contributed by atoms with E-state index in [4.69, 9.17) is 4.98 Å². The number of likely N-dealkylation sites (tertiary alicyclic amines) is 1. The predicted molar refractivity (Wildman–Crippen MR) is 155 cm³/mol. The van der Waals surface area contributed by atoms with E-state index in [1.807, 2.05) is 48.5 Å². The molecule has 1 fully saturated rings. The second kappa shape index (κ2) is 10.3. The van der Waals surface area contributed by atoms with Crippen molar-refractivity contribution in [3.63, 3.8) is 0 Å². The molecule has 1 aliphatic heterocycles. The Kier molecular flexibility index (Phi) is 6.22. The Bertz CT molecular complexity index is 1830. The van der Waals surface area contributed by atoms with Crippen molar-refractivity contribution in [3.8, 4) is 33.9 Å². The predicted octanol–water partition coefficient (Wildman–Crippen LogP) is 5.43. The van der Waals surface area contributed by atoms with E-state index in [-0.39, 0.29) is 5.56 Å². The Morgan fingerprint density at radius 2 is 1.75 bits per heavy atom. The average molecular weight is 526 g/mol. The topological polar surface area (TPSA) is 103 Å². The normalized spacial score (nSPS) is 15.6. The summed E-state index contributed by atoms with van der Waals surface area (Å²) in [6.45, 7) is 2.80. The highest BCUT2D eigenvalue weighted by molar-refractivity contribution is 5.91. The standard InChI is InChI=1S/C32H27N7O/c40-32-26-18-25(22-6-2-1-3-7-22)29(35-27(26)13-16-34-32)23-11-9-21(10-12-23)19-39-17-14-24(20-39)30-36-31(38-37-30)28-8-4-5-15-33-28/h1-13,15-16,18,24H,14,17,19-20H2,(H,34,40)(H,36,37,38). The van der Waals surface area contributed by atoms with Crippen LogP contribution in [0.4, 0.5) is 0 Å². The number of H-pyrrole nitrogens is 2. The zero-order chi connectivity index (χ0) is 26.9. The van der Waals surface area contributed by atoms with Crippen LogP contribution in [0.1, 0.15) is 23.7 Å². The van der Waals surface area contributed by atoms with Gasteiger partial charge in [0.2, 0.25) is 0 Å². The number of nitrogens with zero attached hydrogens (tertiary/aromatic N) is 5. The molecule has 2 aromatic carbocycles. The van der Waals surface area contributed by atoms with E-state index in [0.29, 0.717) is 22.6 Å². The number of rotatable bonds is 6. The number of nitrogens with one attached hydrogen (secondary N) is 2. The molecule has 5 heterocycles. The van der Waals surface area contributed by atoms with Crippen LogP contribution in [0.5, 0.6) is 0 Å². The molecule has 0 saturated carbocycles. The van der Waals surface area contributed by atoms with Gasteiger partial charge in [-0.25, -0.2) is 4.98 Å². The van der Waals surface area contributed by atoms with E-state index in [2.05, 4.69) is 66.4 Å². The molecule has 0 radical (unpaired) electrons. The summed E-state index contributed by atoms with van der Waals surface area (Å²) >= 11 is 0. The Labute approximate surface area is 230 Å². The smallest absolute Gasteiger partial charge is 0.257 e. The quantitative estimate of drug-likeness (QED) is 0.301. The van der Waals surface area contributed by atoms with E-state index in [1.165, 1.54) is 5.56 Å². The number of benzene rings is 2. The maximum Gasteiger partial charge on any atom is 0.257 e. The van der Waals surface area contributed by atoms with Crippen molar-refractivity contribution in [2.45, 2.75) is 18.9 Å². The molecule has 8 nitrogen and oxygen atoms in total. The van der Waals surface area contributed by atoms with Crippen LogP contribution < -0.4 is 5.56 Å². The summed E-state index contributed by atoms with van der Waals surface area (Å²) in [6.07, 6.45) is 4.45. The second-order valence-electron chi connectivity index (χ2n) is 10.2. The molecule has 0 amide bonds. The largest absolute Gasteiger partial charge is 0.328 e. The first-order valence-electron chi connectivity index (χ1n) is 13.4. The molecule has 1 atom stereocenters. The van der Waals surface area contributed by atoms with Crippen LogP contribution in [-0.4, -0.2) is 48.1 Å². The maximum atomic E-state index is 12.5. The molecule has 6 aromatic rings. The molecule has 4 aromatic heterocycles. The van der Waals surface area contributed by atoms with Crippen LogP contribution in [0.15, 0.2) is 102 Å². The van der Waals surface area contributed by atoms with Crippen molar-refractivity contribution in [3.05, 3.63) is 119 Å². The van der Waals surface area contributed by atoms with Crippen molar-refractivity contribution in [2.75, 3.05) is 13.1 Å². The lowest BCUT2D eigenvalue weighted by Gasteiger charge is -2.16. The van der Waals surface area contributed by atoms with E-state index in [1.54, 1.807) is 12.4 Å². The van der Waals surface area contributed by atoms with Crippen LogP contribution >= 0.6 is 0 Å². The second-order valence-corrected chi connectivity index (χ2v) is 10.2. The van der Waals surface area contributed by atoms with Gasteiger partial charge in [0.1, 0.15) is 11.5 Å². The lowest BCUT2D eigenvalue weighted by Crippen LogP contribution is -2.20. The van der Waals surface area contributed by atoms with Gasteiger partial charge in [-0.05, 0) is 48.4 Å². The van der Waals surface area contributed by atoms with E-state index >= 15 is 0 Å². The molecule has 0 aliphatic carbocycles. The van der Waals surface area contributed by atoms with Crippen molar-refractivity contribution in [1.82, 2.24) is 35.0 Å². The number of pyridine rings is 3. The molecule has 0 spiro atoms. The van der Waals surface area contributed by atoms with Gasteiger partial charge in [-0.2, -0.15) is 0 Å². The summed E-state index contributed by atoms with van der Waals surface area (Å²) in [6, 6.07) is 28.3. The van der Waals surface area contributed by atoms with Gasteiger partial charge in [0.15, 0.2) is 5.82 Å². The Hall–Kier alpha value is -4.95. The van der Waals surface area contributed by atoms with Gasteiger partial charge in [-0.15, -0.1) is 10.2 Å². The van der Waals surface area contributed by atoms with Crippen molar-refractivity contribution < 1.29 is 0 Å². The molecule has 7 rings (SSSR count). The molecule has 1 unspecified atom stereocenters. The van der Waals surface area contributed by atoms with E-state index in [0.717, 1.165) is 60.0 Å². The van der Waals surface area contributed by atoms with E-state index < -0.39 is 0 Å². The molecule has 0 bridgehead atoms. The van der Waals surface area contributed by atoms with Crippen LogP contribution in [0, 0.1) is 0 Å². The van der Waals surface area contributed by atoms with Gasteiger partial charge >= 0.3 is 0 Å². The summed E-state index contributed by atoms with van der Waals surface area (Å²) in [5.41, 5.74) is 6.46. The highest BCUT2D eigenvalue weighted by Gasteiger charge is 2.27. The third kappa shape index (κ3) is 4.69. The summed E-state index contributed by atoms with van der Waals surface area (Å²) in [5, 5.41) is 9.33. The fraction of sp³-hybridized carbons (Fsp3) is 0.156. The van der Waals surface area contributed by atoms with Gasteiger partial charge in [-0.3, -0.25) is 14.7 Å². The molecule has 2 N–H and O–H groups in total. The van der Waals surface area contributed by atoms with Crippen molar-refractivity contribution >= 4 is 10.9 Å². The molecular formula is C32H27N7O. The third-order valence-corrected chi connectivity index (χ3v) is 7.54. The Morgan fingerprint density at radius 1 is 0.900 bits per heavy atom. The SMILES string of the molecule is O=c1[nH]ccc2nc(-c3ccc(CN4CCC(c5nnc(-c6ccccn6)[nH]5)C4)cc3)c(-c3ccccc3)cc12. The molecule has 1 saturated heterocycles. The fourth-order valence-electron chi connectivity index (χ4n) is 5.47. The number of aromatic amines is 2. The van der Waals surface area contributed by atoms with Crippen LogP contribution in [0.2, 0.25) is 0 Å². The molecule has 8 heteroatoms. The molecule has 1 aliphatic rings. The van der Waals surface area contributed by atoms with Gasteiger partial charge in [-0.1, -0.05) is 60.7 Å². The van der Waals surface area contributed by atoms with Gasteiger partial charge in [0.05, 0.1) is 16.6 Å². The monoisotopic (exact) mass is 525 g/mol. The molecule has 40 heavy (non-hydrogen) atoms. The first kappa shape index (κ1) is 24.1. The number of hydrogen-bond donors (Lipinski definition) is 2. The molecular weight excluding hydrogens is 498 g/mol. The minimum absolute atomic E-state index is 0.133. The number of aromatic nitrogens is 6. The lowest BCUT2D eigenvalue weighted by atomic mass is 9.97. The highest BCUT2D eigenvalue weighted by atomic mass is 16.1. The highest BCUT2D eigenvalue weighted by Crippen LogP contribution is 2.33. The zero-order valence-electron chi connectivity index (χ0n) is 21.8. The van der Waals surface area contributed by atoms with Gasteiger partial charge < -0.3 is 9.97 Å². The minimum atomic E-state index is -0.133. The Morgan fingerprint density at radius 3 is 2.58 bits per heavy atom. The van der Waals surface area contributed by atoms with Crippen molar-refractivity contribution in [2.24, 2.45) is 0 Å². The first-order chi connectivity index (χ1) is 19.7. The summed E-state index contributed by atoms with van der Waals surface area (Å²) in [5.74, 6) is 1.96. The van der Waals surface area contributed by atoms with Crippen LogP contribution in [0.3, 0.4) is 0 Å². The fourth-order valence-corrected chi connectivity index (χ4v) is 5.47. The van der Waals surface area contributed by atoms with Crippen molar-refractivity contribution in [1.29, 1.82) is 0 Å². The number of hydrogen-bond acceptors (Lipinski definition) is 6. The zero-order valence-corrected chi connectivity index (χ0v) is 21.8. The van der Waals surface area contributed by atoms with E-state index in [9.17, 15) is 4.79 Å². The summed E-state index contributed by atoms with van der Waals surface area (Å²) in [7, 11) is 0. The lowest BCUT2D eigenvalue weighted by molar-refractivity contribution is 0.326. The van der Waals surface area contributed by atoms with Crippen LogP contribution in [0.25, 0.3) is 44.8 Å². The summed E-state index contributed by atoms with van der Waals surface area (Å²) < 4.78 is 0. The Balaban J connectivity index is 1.10. The summed E-state index contributed by atoms with van der Waals surface area (Å²) in [4.78, 5) is 30.4. The van der Waals surface area contributed by atoms with Crippen LogP contribution in [-0.2, 0) is 6.54 Å².